The van der Waals surface area contributed by atoms with Gasteiger partial charge in [0.25, 0.3) is 0 Å². The summed E-state index contributed by atoms with van der Waals surface area (Å²) < 4.78 is 27.2. The highest BCUT2D eigenvalue weighted by atomic mass is 32.2. The van der Waals surface area contributed by atoms with E-state index in [1.165, 1.54) is 12.1 Å². The summed E-state index contributed by atoms with van der Waals surface area (Å²) in [5.74, 6) is 0.0218. The largest absolute Gasteiger partial charge is 0.508 e. The zero-order valence-electron chi connectivity index (χ0n) is 14.7. The topological polar surface area (TPSA) is 86.6 Å². The molecule has 6 heteroatoms. The number of benzene rings is 2. The number of hydrogen-bond donors (Lipinski definition) is 3. The summed E-state index contributed by atoms with van der Waals surface area (Å²) in [6.45, 7) is 6.14. The van der Waals surface area contributed by atoms with Crippen molar-refractivity contribution in [1.82, 2.24) is 4.72 Å². The molecule has 3 N–H and O–H groups in total. The van der Waals surface area contributed by atoms with Crippen LogP contribution in [0.2, 0.25) is 0 Å². The van der Waals surface area contributed by atoms with Crippen LogP contribution in [0.3, 0.4) is 0 Å². The smallest absolute Gasteiger partial charge is 0.240 e. The molecule has 5 nitrogen and oxygen atoms in total. The maximum atomic E-state index is 12.4. The summed E-state index contributed by atoms with van der Waals surface area (Å²) in [7, 11) is -3.71. The summed E-state index contributed by atoms with van der Waals surface area (Å²) in [6, 6.07) is 12.9. The van der Waals surface area contributed by atoms with E-state index < -0.39 is 16.1 Å². The molecule has 25 heavy (non-hydrogen) atoms. The fourth-order valence-electron chi connectivity index (χ4n) is 2.41. The number of phenolic OH excluding ortho intramolecular Hbond substituents is 1. The minimum absolute atomic E-state index is 0.0127. The Balaban J connectivity index is 2.09. The third-order valence-corrected chi connectivity index (χ3v) is 5.99. The van der Waals surface area contributed by atoms with Gasteiger partial charge in [0.15, 0.2) is 0 Å². The van der Waals surface area contributed by atoms with Gasteiger partial charge in [-0.2, -0.15) is 0 Å². The summed E-state index contributed by atoms with van der Waals surface area (Å²) in [5.41, 5.74) is 1.51. The molecule has 0 aromatic heterocycles. The minimum atomic E-state index is -3.71. The van der Waals surface area contributed by atoms with E-state index in [0.717, 1.165) is 12.0 Å². The average molecular weight is 363 g/mol. The maximum Gasteiger partial charge on any atom is 0.240 e. The lowest BCUT2D eigenvalue weighted by molar-refractivity contribution is 0.181. The van der Waals surface area contributed by atoms with Gasteiger partial charge < -0.3 is 10.2 Å². The van der Waals surface area contributed by atoms with Gasteiger partial charge in [0, 0.05) is 6.54 Å². The van der Waals surface area contributed by atoms with Crippen molar-refractivity contribution in [2.45, 2.75) is 43.6 Å². The summed E-state index contributed by atoms with van der Waals surface area (Å²) >= 11 is 0. The Morgan fingerprint density at radius 2 is 1.76 bits per heavy atom. The second-order valence-electron chi connectivity index (χ2n) is 6.72. The van der Waals surface area contributed by atoms with Crippen molar-refractivity contribution in [1.29, 1.82) is 0 Å². The predicted octanol–water partition coefficient (Wildman–Crippen LogP) is 3.09. The van der Waals surface area contributed by atoms with Crippen molar-refractivity contribution in [3.63, 3.8) is 0 Å². The molecule has 2 aromatic carbocycles. The SMILES string of the molecule is CCC(C)(C)c1ccc(S(=O)(=O)NCC(O)c2cccc(O)c2)cc1. The van der Waals surface area contributed by atoms with Crippen LogP contribution in [0.5, 0.6) is 5.75 Å². The van der Waals surface area contributed by atoms with Gasteiger partial charge in [-0.25, -0.2) is 13.1 Å². The Hall–Kier alpha value is -1.89. The van der Waals surface area contributed by atoms with Crippen molar-refractivity contribution in [2.75, 3.05) is 6.54 Å². The monoisotopic (exact) mass is 363 g/mol. The van der Waals surface area contributed by atoms with E-state index in [1.54, 1.807) is 24.3 Å². The zero-order chi connectivity index (χ0) is 18.7. The minimum Gasteiger partial charge on any atom is -0.508 e. The van der Waals surface area contributed by atoms with E-state index in [4.69, 9.17) is 0 Å². The van der Waals surface area contributed by atoms with E-state index in [-0.39, 0.29) is 22.6 Å². The van der Waals surface area contributed by atoms with Gasteiger partial charge in [0.05, 0.1) is 11.0 Å². The molecule has 0 saturated carbocycles. The van der Waals surface area contributed by atoms with Crippen molar-refractivity contribution in [3.05, 3.63) is 59.7 Å². The molecular formula is C19H25NO4S. The van der Waals surface area contributed by atoms with Crippen LogP contribution >= 0.6 is 0 Å². The molecule has 1 atom stereocenters. The van der Waals surface area contributed by atoms with Gasteiger partial charge in [-0.3, -0.25) is 0 Å². The molecule has 1 unspecified atom stereocenters. The molecule has 0 amide bonds. The molecule has 0 aliphatic rings. The molecule has 2 rings (SSSR count). The summed E-state index contributed by atoms with van der Waals surface area (Å²) in [5, 5.41) is 19.5. The van der Waals surface area contributed by atoms with E-state index in [0.29, 0.717) is 5.56 Å². The van der Waals surface area contributed by atoms with E-state index in [2.05, 4.69) is 25.5 Å². The number of phenols is 1. The molecule has 2 aromatic rings. The van der Waals surface area contributed by atoms with Gasteiger partial charge in [-0.15, -0.1) is 0 Å². The standard InChI is InChI=1S/C19H25NO4S/c1-4-19(2,3)15-8-10-17(11-9-15)25(23,24)20-13-18(22)14-6-5-7-16(21)12-14/h5-12,18,20-22H,4,13H2,1-3H3. The molecule has 0 fully saturated rings. The fourth-order valence-corrected chi connectivity index (χ4v) is 3.45. The molecular weight excluding hydrogens is 338 g/mol. The van der Waals surface area contributed by atoms with Crippen LogP contribution in [0, 0.1) is 0 Å². The molecule has 0 aliphatic heterocycles. The molecule has 136 valence electrons. The first-order chi connectivity index (χ1) is 11.7. The number of aliphatic hydroxyl groups excluding tert-OH is 1. The quantitative estimate of drug-likeness (QED) is 0.705. The fraction of sp³-hybridized carbons (Fsp3) is 0.368. The Bertz CT molecular complexity index is 814. The number of rotatable bonds is 7. The molecule has 0 bridgehead atoms. The van der Waals surface area contributed by atoms with Gasteiger partial charge in [0.2, 0.25) is 10.0 Å². The molecule has 0 aliphatic carbocycles. The van der Waals surface area contributed by atoms with Crippen molar-refractivity contribution in [2.24, 2.45) is 0 Å². The number of sulfonamides is 1. The van der Waals surface area contributed by atoms with Crippen molar-refractivity contribution >= 4 is 10.0 Å². The molecule has 0 saturated heterocycles. The third-order valence-electron chi connectivity index (χ3n) is 4.55. The number of nitrogens with one attached hydrogen (secondary N) is 1. The second-order valence-corrected chi connectivity index (χ2v) is 8.49. The lowest BCUT2D eigenvalue weighted by Crippen LogP contribution is -2.28. The van der Waals surface area contributed by atoms with Gasteiger partial charge in [0.1, 0.15) is 5.75 Å². The normalized spacial score (nSPS) is 13.6. The molecule has 0 spiro atoms. The number of hydrogen-bond acceptors (Lipinski definition) is 4. The highest BCUT2D eigenvalue weighted by Gasteiger charge is 2.20. The van der Waals surface area contributed by atoms with Crippen LogP contribution in [-0.2, 0) is 15.4 Å². The first-order valence-electron chi connectivity index (χ1n) is 8.23. The highest BCUT2D eigenvalue weighted by Crippen LogP contribution is 2.27. The second kappa shape index (κ2) is 7.56. The predicted molar refractivity (Wildman–Crippen MR) is 98.0 cm³/mol. The van der Waals surface area contributed by atoms with Gasteiger partial charge >= 0.3 is 0 Å². The molecule has 0 radical (unpaired) electrons. The third kappa shape index (κ3) is 4.81. The summed E-state index contributed by atoms with van der Waals surface area (Å²) in [4.78, 5) is 0.159. The number of aliphatic hydroxyl groups is 1. The lowest BCUT2D eigenvalue weighted by atomic mass is 9.82. The Kier molecular flexibility index (Phi) is 5.87. The van der Waals surface area contributed by atoms with Crippen LogP contribution < -0.4 is 4.72 Å². The van der Waals surface area contributed by atoms with E-state index >= 15 is 0 Å². The van der Waals surface area contributed by atoms with Crippen LogP contribution in [0.4, 0.5) is 0 Å². The van der Waals surface area contributed by atoms with Crippen LogP contribution in [0.25, 0.3) is 0 Å². The van der Waals surface area contributed by atoms with E-state index in [1.807, 2.05) is 12.1 Å². The maximum absolute atomic E-state index is 12.4. The van der Waals surface area contributed by atoms with Crippen LogP contribution in [0.15, 0.2) is 53.4 Å². The Morgan fingerprint density at radius 3 is 2.32 bits per heavy atom. The van der Waals surface area contributed by atoms with Gasteiger partial charge in [-0.05, 0) is 47.2 Å². The Labute approximate surface area is 149 Å². The van der Waals surface area contributed by atoms with Crippen molar-refractivity contribution in [3.8, 4) is 5.75 Å². The van der Waals surface area contributed by atoms with Gasteiger partial charge in [-0.1, -0.05) is 45.0 Å². The first kappa shape index (κ1) is 19.4. The molecule has 0 heterocycles. The van der Waals surface area contributed by atoms with Crippen molar-refractivity contribution < 1.29 is 18.6 Å². The lowest BCUT2D eigenvalue weighted by Gasteiger charge is -2.23. The van der Waals surface area contributed by atoms with Crippen LogP contribution in [0.1, 0.15) is 44.4 Å². The first-order valence-corrected chi connectivity index (χ1v) is 9.71. The number of aromatic hydroxyl groups is 1. The highest BCUT2D eigenvalue weighted by molar-refractivity contribution is 7.89. The summed E-state index contributed by atoms with van der Waals surface area (Å²) in [6.07, 6.45) is -0.0897. The zero-order valence-corrected chi connectivity index (χ0v) is 15.5. The van der Waals surface area contributed by atoms with Crippen LogP contribution in [-0.4, -0.2) is 25.2 Å². The van der Waals surface area contributed by atoms with E-state index in [9.17, 15) is 18.6 Å². The Morgan fingerprint density at radius 1 is 1.12 bits per heavy atom. The average Bonchev–Trinajstić information content (AvgIpc) is 2.60.